The molecule has 0 fully saturated rings. The zero-order chi connectivity index (χ0) is 19.4. The number of benzene rings is 2. The molecule has 3 heterocycles. The Morgan fingerprint density at radius 3 is 2.86 bits per heavy atom. The van der Waals surface area contributed by atoms with Crippen molar-refractivity contribution in [1.82, 2.24) is 19.9 Å². The summed E-state index contributed by atoms with van der Waals surface area (Å²) in [5.74, 6) is -0.714. The summed E-state index contributed by atoms with van der Waals surface area (Å²) >= 11 is 6.24. The molecule has 1 aliphatic heterocycles. The Kier molecular flexibility index (Phi) is 3.60. The summed E-state index contributed by atoms with van der Waals surface area (Å²) in [6, 6.07) is 10.7. The van der Waals surface area contributed by atoms with E-state index in [0.29, 0.717) is 27.4 Å². The molecule has 4 aromatic rings. The molecular formula is C20H13ClFN5O. The molecule has 0 radical (unpaired) electrons. The molecule has 1 aliphatic rings. The van der Waals surface area contributed by atoms with Crippen LogP contribution in [0.4, 0.5) is 10.1 Å². The van der Waals surface area contributed by atoms with Crippen LogP contribution in [0.2, 0.25) is 5.02 Å². The average molecular weight is 394 g/mol. The first-order valence-corrected chi connectivity index (χ1v) is 8.88. The highest BCUT2D eigenvalue weighted by atomic mass is 35.5. The summed E-state index contributed by atoms with van der Waals surface area (Å²) < 4.78 is 15.4. The second kappa shape index (κ2) is 6.03. The Bertz CT molecular complexity index is 1270. The smallest absolute Gasteiger partial charge is 0.252 e. The lowest BCUT2D eigenvalue weighted by Crippen LogP contribution is -2.20. The quantitative estimate of drug-likeness (QED) is 0.509. The van der Waals surface area contributed by atoms with Gasteiger partial charge in [0.25, 0.3) is 5.91 Å². The number of pyridine rings is 1. The second-order valence-electron chi connectivity index (χ2n) is 6.58. The summed E-state index contributed by atoms with van der Waals surface area (Å²) in [5, 5.41) is 7.34. The van der Waals surface area contributed by atoms with Crippen molar-refractivity contribution in [3.63, 3.8) is 0 Å². The number of nitrogens with one attached hydrogen (secondary N) is 1. The SMILES string of the molecule is Nc1cc(-c2ccc3ncnn3c2)cc2c1C(c1cc(F)ccc1Cl)NC2=O. The number of halogens is 2. The van der Waals surface area contributed by atoms with Crippen LogP contribution < -0.4 is 11.1 Å². The fraction of sp³-hybridized carbons (Fsp3) is 0.0500. The maximum Gasteiger partial charge on any atom is 0.252 e. The van der Waals surface area contributed by atoms with Gasteiger partial charge >= 0.3 is 0 Å². The first kappa shape index (κ1) is 16.7. The summed E-state index contributed by atoms with van der Waals surface area (Å²) in [4.78, 5) is 16.7. The molecule has 28 heavy (non-hydrogen) atoms. The van der Waals surface area contributed by atoms with E-state index in [9.17, 15) is 9.18 Å². The number of anilines is 1. The molecule has 0 aliphatic carbocycles. The summed E-state index contributed by atoms with van der Waals surface area (Å²) in [5.41, 5.74) is 10.6. The van der Waals surface area contributed by atoms with Crippen molar-refractivity contribution in [2.75, 3.05) is 5.73 Å². The van der Waals surface area contributed by atoms with Crippen molar-refractivity contribution < 1.29 is 9.18 Å². The van der Waals surface area contributed by atoms with Gasteiger partial charge in [0, 0.05) is 39.2 Å². The van der Waals surface area contributed by atoms with E-state index in [1.165, 1.54) is 24.5 Å². The molecule has 2 aromatic carbocycles. The number of hydrogen-bond acceptors (Lipinski definition) is 4. The van der Waals surface area contributed by atoms with Crippen molar-refractivity contribution >= 4 is 28.8 Å². The number of carbonyl (C=O) groups excluding carboxylic acids is 1. The van der Waals surface area contributed by atoms with Gasteiger partial charge in [0.2, 0.25) is 0 Å². The van der Waals surface area contributed by atoms with Gasteiger partial charge < -0.3 is 11.1 Å². The second-order valence-corrected chi connectivity index (χ2v) is 6.99. The number of fused-ring (bicyclic) bond motifs is 2. The van der Waals surface area contributed by atoms with Gasteiger partial charge in [0.05, 0.1) is 6.04 Å². The van der Waals surface area contributed by atoms with E-state index < -0.39 is 11.9 Å². The number of hydrogen-bond donors (Lipinski definition) is 2. The van der Waals surface area contributed by atoms with Gasteiger partial charge in [-0.3, -0.25) is 4.79 Å². The van der Waals surface area contributed by atoms with Crippen LogP contribution in [-0.4, -0.2) is 20.5 Å². The normalized spacial score (nSPS) is 15.6. The van der Waals surface area contributed by atoms with Crippen molar-refractivity contribution in [1.29, 1.82) is 0 Å². The lowest BCUT2D eigenvalue weighted by Gasteiger charge is -2.16. The van der Waals surface area contributed by atoms with Gasteiger partial charge in [0.1, 0.15) is 12.1 Å². The minimum absolute atomic E-state index is 0.282. The van der Waals surface area contributed by atoms with Gasteiger partial charge in [-0.25, -0.2) is 13.9 Å². The maximum atomic E-state index is 13.7. The van der Waals surface area contributed by atoms with E-state index in [2.05, 4.69) is 15.4 Å². The maximum absolute atomic E-state index is 13.7. The lowest BCUT2D eigenvalue weighted by atomic mass is 9.93. The zero-order valence-corrected chi connectivity index (χ0v) is 15.1. The van der Waals surface area contributed by atoms with Crippen molar-refractivity contribution in [3.05, 3.63) is 82.5 Å². The van der Waals surface area contributed by atoms with Crippen LogP contribution >= 0.6 is 11.6 Å². The molecule has 6 nitrogen and oxygen atoms in total. The largest absolute Gasteiger partial charge is 0.398 e. The average Bonchev–Trinajstić information content (AvgIpc) is 3.28. The molecule has 3 N–H and O–H groups in total. The van der Waals surface area contributed by atoms with Crippen LogP contribution in [0.3, 0.4) is 0 Å². The fourth-order valence-electron chi connectivity index (χ4n) is 3.59. The minimum atomic E-state index is -0.599. The highest BCUT2D eigenvalue weighted by Crippen LogP contribution is 2.40. The zero-order valence-electron chi connectivity index (χ0n) is 14.4. The van der Waals surface area contributed by atoms with Gasteiger partial charge in [-0.2, -0.15) is 5.10 Å². The highest BCUT2D eigenvalue weighted by Gasteiger charge is 2.33. The van der Waals surface area contributed by atoms with E-state index in [1.807, 2.05) is 18.3 Å². The summed E-state index contributed by atoms with van der Waals surface area (Å²) in [7, 11) is 0. The number of aromatic nitrogens is 3. The van der Waals surface area contributed by atoms with Crippen LogP contribution in [0.25, 0.3) is 16.8 Å². The number of nitrogens with zero attached hydrogens (tertiary/aromatic N) is 3. The molecule has 0 bridgehead atoms. The molecule has 5 rings (SSSR count). The van der Waals surface area contributed by atoms with Crippen LogP contribution in [0, 0.1) is 5.82 Å². The van der Waals surface area contributed by atoms with Gasteiger partial charge in [0.15, 0.2) is 5.65 Å². The van der Waals surface area contributed by atoms with Gasteiger partial charge in [-0.1, -0.05) is 11.6 Å². The Balaban J connectivity index is 1.65. The summed E-state index contributed by atoms with van der Waals surface area (Å²) in [6.45, 7) is 0. The first-order valence-electron chi connectivity index (χ1n) is 8.50. The predicted octanol–water partition coefficient (Wildman–Crippen LogP) is 3.60. The van der Waals surface area contributed by atoms with Crippen molar-refractivity contribution in [2.45, 2.75) is 6.04 Å². The van der Waals surface area contributed by atoms with Crippen LogP contribution in [0.5, 0.6) is 0 Å². The molecule has 1 unspecified atom stereocenters. The van der Waals surface area contributed by atoms with E-state index in [0.717, 1.165) is 16.8 Å². The van der Waals surface area contributed by atoms with E-state index in [4.69, 9.17) is 17.3 Å². The third-order valence-corrected chi connectivity index (χ3v) is 5.24. The monoisotopic (exact) mass is 393 g/mol. The molecule has 0 saturated carbocycles. The number of nitrogen functional groups attached to an aromatic ring is 1. The minimum Gasteiger partial charge on any atom is -0.398 e. The molecule has 1 amide bonds. The molecule has 2 aromatic heterocycles. The van der Waals surface area contributed by atoms with Crippen molar-refractivity contribution in [3.8, 4) is 11.1 Å². The number of amides is 1. The number of nitrogens with two attached hydrogens (primary N) is 1. The molecule has 0 saturated heterocycles. The molecule has 8 heteroatoms. The number of rotatable bonds is 2. The van der Waals surface area contributed by atoms with Crippen LogP contribution in [0.1, 0.15) is 27.5 Å². The Morgan fingerprint density at radius 2 is 2.00 bits per heavy atom. The lowest BCUT2D eigenvalue weighted by molar-refractivity contribution is 0.0960. The Morgan fingerprint density at radius 1 is 1.14 bits per heavy atom. The molecule has 0 spiro atoms. The molecular weight excluding hydrogens is 381 g/mol. The summed E-state index contributed by atoms with van der Waals surface area (Å²) in [6.07, 6.45) is 3.29. The molecule has 138 valence electrons. The van der Waals surface area contributed by atoms with Crippen molar-refractivity contribution in [2.24, 2.45) is 0 Å². The Labute approximate surface area is 163 Å². The standard InChI is InChI=1S/C20H13ClFN5O/c21-15-3-2-12(22)7-13(15)19-18-14(20(28)26-19)5-11(6-16(18)23)10-1-4-17-24-9-25-27(17)8-10/h1-9,19H,23H2,(H,26,28). The van der Waals surface area contributed by atoms with E-state index in [-0.39, 0.29) is 5.91 Å². The number of carbonyl (C=O) groups is 1. The first-order chi connectivity index (χ1) is 13.5. The highest BCUT2D eigenvalue weighted by molar-refractivity contribution is 6.31. The topological polar surface area (TPSA) is 85.3 Å². The predicted molar refractivity (Wildman–Crippen MR) is 104 cm³/mol. The van der Waals surface area contributed by atoms with Crippen LogP contribution in [0.15, 0.2) is 55.0 Å². The fourth-order valence-corrected chi connectivity index (χ4v) is 3.82. The van der Waals surface area contributed by atoms with Gasteiger partial charge in [-0.05, 0) is 48.0 Å². The third kappa shape index (κ3) is 2.51. The van der Waals surface area contributed by atoms with Crippen LogP contribution in [-0.2, 0) is 0 Å². The third-order valence-electron chi connectivity index (χ3n) is 4.90. The molecule has 1 atom stereocenters. The van der Waals surface area contributed by atoms with E-state index in [1.54, 1.807) is 16.6 Å². The Hall–Kier alpha value is -3.45. The van der Waals surface area contributed by atoms with Gasteiger partial charge in [-0.15, -0.1) is 0 Å². The van der Waals surface area contributed by atoms with E-state index >= 15 is 0 Å².